The second-order valence-electron chi connectivity index (χ2n) is 4.24. The second-order valence-corrected chi connectivity index (χ2v) is 6.18. The number of benzene rings is 1. The zero-order valence-electron chi connectivity index (χ0n) is 11.1. The van der Waals surface area contributed by atoms with Gasteiger partial charge in [-0.25, -0.2) is 9.97 Å². The molecule has 0 aliphatic carbocycles. The molecule has 0 saturated carbocycles. The van der Waals surface area contributed by atoms with Gasteiger partial charge in [0.1, 0.15) is 5.82 Å². The van der Waals surface area contributed by atoms with E-state index >= 15 is 0 Å². The van der Waals surface area contributed by atoms with Crippen LogP contribution in [-0.4, -0.2) is 17.0 Å². The first-order valence-electron chi connectivity index (χ1n) is 6.07. The van der Waals surface area contributed by atoms with Crippen molar-refractivity contribution in [3.63, 3.8) is 0 Å². The Hall–Kier alpha value is -0.690. The van der Waals surface area contributed by atoms with Crippen LogP contribution in [0.25, 0.3) is 11.4 Å². The minimum atomic E-state index is 0.758. The van der Waals surface area contributed by atoms with E-state index in [-0.39, 0.29) is 0 Å². The number of hydrogen-bond acceptors (Lipinski definition) is 3. The van der Waals surface area contributed by atoms with Crippen molar-refractivity contribution >= 4 is 44.3 Å². The third-order valence-corrected chi connectivity index (χ3v) is 4.65. The molecule has 5 heteroatoms. The van der Waals surface area contributed by atoms with Crippen LogP contribution in [0, 0.1) is 10.5 Å². The maximum atomic E-state index is 4.67. The highest BCUT2D eigenvalue weighted by Crippen LogP contribution is 2.29. The number of nitrogens with zero attached hydrogens (tertiary/aromatic N) is 2. The molecular formula is C14H15BrIN3. The zero-order chi connectivity index (χ0) is 14.0. The van der Waals surface area contributed by atoms with E-state index in [2.05, 4.69) is 85.9 Å². The highest BCUT2D eigenvalue weighted by Gasteiger charge is 2.13. The number of aryl methyl sites for hydroxylation is 2. The third-order valence-electron chi connectivity index (χ3n) is 2.86. The maximum absolute atomic E-state index is 4.67. The fraction of sp³-hybridized carbons (Fsp3) is 0.286. The lowest BCUT2D eigenvalue weighted by molar-refractivity contribution is 0.989. The van der Waals surface area contributed by atoms with Gasteiger partial charge in [0.2, 0.25) is 0 Å². The van der Waals surface area contributed by atoms with E-state index in [1.54, 1.807) is 0 Å². The SMILES string of the molecule is CCc1nc(-c2ccc(C)cc2Br)nc(NC)c1I. The van der Waals surface area contributed by atoms with Crippen molar-refractivity contribution in [3.8, 4) is 11.4 Å². The lowest BCUT2D eigenvalue weighted by atomic mass is 10.1. The van der Waals surface area contributed by atoms with Crippen LogP contribution in [0.5, 0.6) is 0 Å². The van der Waals surface area contributed by atoms with Crippen molar-refractivity contribution in [3.05, 3.63) is 37.5 Å². The van der Waals surface area contributed by atoms with Crippen LogP contribution in [0.1, 0.15) is 18.2 Å². The summed E-state index contributed by atoms with van der Waals surface area (Å²) in [6, 6.07) is 6.22. The van der Waals surface area contributed by atoms with Gasteiger partial charge in [-0.05, 0) is 53.6 Å². The quantitative estimate of drug-likeness (QED) is 0.730. The summed E-state index contributed by atoms with van der Waals surface area (Å²) in [5.74, 6) is 1.64. The summed E-state index contributed by atoms with van der Waals surface area (Å²) >= 11 is 5.88. The van der Waals surface area contributed by atoms with Gasteiger partial charge in [-0.3, -0.25) is 0 Å². The standard InChI is InChI=1S/C14H15BrIN3/c1-4-11-12(16)14(17-3)19-13(18-11)9-6-5-8(2)7-10(9)15/h5-7H,4H2,1-3H3,(H,17,18,19). The Morgan fingerprint density at radius 1 is 1.32 bits per heavy atom. The molecule has 3 nitrogen and oxygen atoms in total. The number of anilines is 1. The fourth-order valence-electron chi connectivity index (χ4n) is 1.82. The summed E-state index contributed by atoms with van der Waals surface area (Å²) < 4.78 is 2.12. The van der Waals surface area contributed by atoms with Crippen LogP contribution in [0.15, 0.2) is 22.7 Å². The van der Waals surface area contributed by atoms with E-state index < -0.39 is 0 Å². The van der Waals surface area contributed by atoms with Gasteiger partial charge in [0.05, 0.1) is 9.26 Å². The van der Waals surface area contributed by atoms with E-state index in [1.165, 1.54) is 5.56 Å². The van der Waals surface area contributed by atoms with Crippen molar-refractivity contribution in [1.82, 2.24) is 9.97 Å². The Kier molecular flexibility index (Phi) is 4.78. The van der Waals surface area contributed by atoms with Gasteiger partial charge in [-0.15, -0.1) is 0 Å². The van der Waals surface area contributed by atoms with E-state index in [0.717, 1.165) is 37.4 Å². The van der Waals surface area contributed by atoms with Crippen LogP contribution in [0.2, 0.25) is 0 Å². The molecule has 0 spiro atoms. The van der Waals surface area contributed by atoms with Crippen LogP contribution in [-0.2, 0) is 6.42 Å². The molecule has 0 unspecified atom stereocenters. The second kappa shape index (κ2) is 6.17. The molecule has 1 N–H and O–H groups in total. The van der Waals surface area contributed by atoms with Gasteiger partial charge >= 0.3 is 0 Å². The number of nitrogens with one attached hydrogen (secondary N) is 1. The Bertz CT molecular complexity index is 589. The number of aromatic nitrogens is 2. The summed E-state index contributed by atoms with van der Waals surface area (Å²) in [6.45, 7) is 4.18. The van der Waals surface area contributed by atoms with Gasteiger partial charge in [-0.2, -0.15) is 0 Å². The summed E-state index contributed by atoms with van der Waals surface area (Å²) in [7, 11) is 1.89. The highest BCUT2D eigenvalue weighted by molar-refractivity contribution is 14.1. The van der Waals surface area contributed by atoms with E-state index in [9.17, 15) is 0 Å². The molecule has 1 heterocycles. The summed E-state index contributed by atoms with van der Waals surface area (Å²) in [5.41, 5.74) is 3.31. The molecule has 2 aromatic rings. The monoisotopic (exact) mass is 431 g/mol. The average Bonchev–Trinajstić information content (AvgIpc) is 2.39. The normalized spacial score (nSPS) is 10.6. The predicted molar refractivity (Wildman–Crippen MR) is 91.5 cm³/mol. The van der Waals surface area contributed by atoms with Gasteiger partial charge in [-0.1, -0.05) is 28.9 Å². The molecule has 0 amide bonds. The molecule has 0 bridgehead atoms. The number of rotatable bonds is 3. The summed E-state index contributed by atoms with van der Waals surface area (Å²) in [5, 5.41) is 3.14. The molecule has 0 fully saturated rings. The van der Waals surface area contributed by atoms with Crippen LogP contribution < -0.4 is 5.32 Å². The van der Waals surface area contributed by atoms with Crippen molar-refractivity contribution < 1.29 is 0 Å². The summed E-state index contributed by atoms with van der Waals surface area (Å²) in [6.07, 6.45) is 0.895. The van der Waals surface area contributed by atoms with Crippen molar-refractivity contribution in [2.75, 3.05) is 12.4 Å². The Labute approximate surface area is 135 Å². The van der Waals surface area contributed by atoms with Crippen molar-refractivity contribution in [2.24, 2.45) is 0 Å². The zero-order valence-corrected chi connectivity index (χ0v) is 14.8. The Morgan fingerprint density at radius 3 is 2.63 bits per heavy atom. The third kappa shape index (κ3) is 3.08. The van der Waals surface area contributed by atoms with Crippen molar-refractivity contribution in [1.29, 1.82) is 0 Å². The van der Waals surface area contributed by atoms with E-state index in [0.29, 0.717) is 0 Å². The van der Waals surface area contributed by atoms with Gasteiger partial charge in [0, 0.05) is 17.1 Å². The number of hydrogen-bond donors (Lipinski definition) is 1. The van der Waals surface area contributed by atoms with Crippen LogP contribution in [0.3, 0.4) is 0 Å². The smallest absolute Gasteiger partial charge is 0.162 e. The molecule has 1 aromatic carbocycles. The average molecular weight is 432 g/mol. The molecule has 0 saturated heterocycles. The first kappa shape index (κ1) is 14.7. The predicted octanol–water partition coefficient (Wildman–Crippen LogP) is 4.42. The summed E-state index contributed by atoms with van der Waals surface area (Å²) in [4.78, 5) is 9.27. The minimum Gasteiger partial charge on any atom is -0.372 e. The van der Waals surface area contributed by atoms with Gasteiger partial charge in [0.25, 0.3) is 0 Å². The van der Waals surface area contributed by atoms with E-state index in [4.69, 9.17) is 0 Å². The van der Waals surface area contributed by atoms with Crippen LogP contribution in [0.4, 0.5) is 5.82 Å². The lowest BCUT2D eigenvalue weighted by Crippen LogP contribution is -2.05. The highest BCUT2D eigenvalue weighted by atomic mass is 127. The number of halogens is 2. The molecule has 0 aliphatic rings. The first-order valence-corrected chi connectivity index (χ1v) is 7.94. The molecule has 0 radical (unpaired) electrons. The van der Waals surface area contributed by atoms with Crippen LogP contribution >= 0.6 is 38.5 Å². The van der Waals surface area contributed by atoms with Gasteiger partial charge < -0.3 is 5.32 Å². The Morgan fingerprint density at radius 2 is 2.05 bits per heavy atom. The van der Waals surface area contributed by atoms with Gasteiger partial charge in [0.15, 0.2) is 5.82 Å². The topological polar surface area (TPSA) is 37.8 Å². The fourth-order valence-corrected chi connectivity index (χ4v) is 3.38. The van der Waals surface area contributed by atoms with Crippen molar-refractivity contribution in [2.45, 2.75) is 20.3 Å². The first-order chi connectivity index (χ1) is 9.06. The molecule has 2 rings (SSSR count). The largest absolute Gasteiger partial charge is 0.372 e. The molecular weight excluding hydrogens is 417 g/mol. The molecule has 19 heavy (non-hydrogen) atoms. The lowest BCUT2D eigenvalue weighted by Gasteiger charge is -2.11. The Balaban J connectivity index is 2.62. The molecule has 100 valence electrons. The molecule has 1 aromatic heterocycles. The minimum absolute atomic E-state index is 0.758. The molecule has 0 atom stereocenters. The van der Waals surface area contributed by atoms with E-state index in [1.807, 2.05) is 7.05 Å². The molecule has 0 aliphatic heterocycles. The maximum Gasteiger partial charge on any atom is 0.162 e.